The maximum atomic E-state index is 12.8. The number of hydrogen-bond donors (Lipinski definition) is 1. The van der Waals surface area contributed by atoms with Crippen LogP contribution in [-0.4, -0.2) is 28.4 Å². The summed E-state index contributed by atoms with van der Waals surface area (Å²) in [6.07, 6.45) is 3.26. The van der Waals surface area contributed by atoms with Crippen LogP contribution in [0.1, 0.15) is 42.0 Å². The molecule has 28 heavy (non-hydrogen) atoms. The molecule has 1 saturated heterocycles. The molecule has 0 aromatic carbocycles. The lowest BCUT2D eigenvalue weighted by Gasteiger charge is -2.27. The monoisotopic (exact) mass is 392 g/mol. The van der Waals surface area contributed by atoms with E-state index in [9.17, 15) is 9.59 Å². The summed E-state index contributed by atoms with van der Waals surface area (Å²) in [5.74, 6) is -0.463. The lowest BCUT2D eigenvalue weighted by atomic mass is 9.99. The predicted octanol–water partition coefficient (Wildman–Crippen LogP) is 4.34. The lowest BCUT2D eigenvalue weighted by molar-refractivity contribution is -0.128. The van der Waals surface area contributed by atoms with Crippen LogP contribution in [0, 0.1) is 13.8 Å². The van der Waals surface area contributed by atoms with E-state index in [-0.39, 0.29) is 17.2 Å². The third-order valence-corrected chi connectivity index (χ3v) is 5.37. The fraction of sp³-hybridized carbons (Fsp3) is 0.261. The number of thiocarbonyl (C=S) groups is 1. The second kappa shape index (κ2) is 7.68. The maximum absolute atomic E-state index is 12.8. The lowest BCUT2D eigenvalue weighted by Crippen LogP contribution is -2.53. The molecule has 1 heterocycles. The SMILES string of the molecule is C=CCN1C(=O)C(=Cc2cc(C)c3cc(C(C)C)ccc(C)c2-3)C(=O)NC1=S. The molecule has 0 unspecified atom stereocenters. The first-order valence-corrected chi connectivity index (χ1v) is 9.69. The van der Waals surface area contributed by atoms with Crippen LogP contribution < -0.4 is 5.32 Å². The Morgan fingerprint density at radius 1 is 1.18 bits per heavy atom. The van der Waals surface area contributed by atoms with Crippen molar-refractivity contribution in [2.45, 2.75) is 33.6 Å². The van der Waals surface area contributed by atoms with Gasteiger partial charge in [-0.25, -0.2) is 0 Å². The van der Waals surface area contributed by atoms with Gasteiger partial charge >= 0.3 is 0 Å². The molecule has 0 aromatic heterocycles. The first-order chi connectivity index (χ1) is 13.2. The summed E-state index contributed by atoms with van der Waals surface area (Å²) in [5.41, 5.74) is 6.60. The molecule has 0 saturated carbocycles. The second-order valence-electron chi connectivity index (χ2n) is 7.41. The standard InChI is InChI=1S/C23H24N2O2S/c1-6-9-25-22(27)19(21(26)24-23(25)28)12-17-10-15(5)18-11-16(13(2)3)8-7-14(4)20(17)18/h6-8,10-13H,1,9H2,2-5H3,(H,24,26,28). The first kappa shape index (κ1) is 20.0. The van der Waals surface area contributed by atoms with Gasteiger partial charge in [0.1, 0.15) is 5.57 Å². The molecule has 4 nitrogen and oxygen atoms in total. The summed E-state index contributed by atoms with van der Waals surface area (Å²) in [6, 6.07) is 8.46. The van der Waals surface area contributed by atoms with Crippen molar-refractivity contribution in [1.29, 1.82) is 0 Å². The van der Waals surface area contributed by atoms with E-state index in [0.29, 0.717) is 5.92 Å². The van der Waals surface area contributed by atoms with Crippen LogP contribution in [0.2, 0.25) is 0 Å². The van der Waals surface area contributed by atoms with E-state index in [1.54, 1.807) is 12.2 Å². The maximum Gasteiger partial charge on any atom is 0.265 e. The number of nitrogens with one attached hydrogen (secondary N) is 1. The van der Waals surface area contributed by atoms with Crippen LogP contribution >= 0.6 is 12.2 Å². The summed E-state index contributed by atoms with van der Waals surface area (Å²) in [7, 11) is 0. The number of carbonyl (C=O) groups is 2. The Morgan fingerprint density at radius 2 is 1.89 bits per heavy atom. The summed E-state index contributed by atoms with van der Waals surface area (Å²) in [6.45, 7) is 12.3. The summed E-state index contributed by atoms with van der Waals surface area (Å²) >= 11 is 5.12. The highest BCUT2D eigenvalue weighted by Crippen LogP contribution is 2.37. The zero-order valence-electron chi connectivity index (χ0n) is 16.6. The van der Waals surface area contributed by atoms with Gasteiger partial charge in [-0.15, -0.1) is 6.58 Å². The minimum atomic E-state index is -0.469. The van der Waals surface area contributed by atoms with Gasteiger partial charge in [0.2, 0.25) is 0 Å². The van der Waals surface area contributed by atoms with E-state index in [4.69, 9.17) is 12.2 Å². The Morgan fingerprint density at radius 3 is 2.54 bits per heavy atom. The molecule has 0 radical (unpaired) electrons. The zero-order valence-corrected chi connectivity index (χ0v) is 17.4. The number of nitrogens with zero attached hydrogens (tertiary/aromatic N) is 1. The predicted molar refractivity (Wildman–Crippen MR) is 117 cm³/mol. The molecule has 3 aliphatic rings. The van der Waals surface area contributed by atoms with Crippen LogP contribution in [0.15, 0.2) is 42.5 Å². The Bertz CT molecular complexity index is 1000. The number of fused-ring (bicyclic) bond motifs is 1. The van der Waals surface area contributed by atoms with Gasteiger partial charge in [0.25, 0.3) is 11.8 Å². The third kappa shape index (κ3) is 3.50. The molecule has 0 atom stereocenters. The highest BCUT2D eigenvalue weighted by Gasteiger charge is 2.33. The first-order valence-electron chi connectivity index (χ1n) is 9.28. The molecule has 0 aromatic rings. The number of hydrogen-bond acceptors (Lipinski definition) is 3. The molecule has 1 fully saturated rings. The normalized spacial score (nSPS) is 16.2. The Kier molecular flexibility index (Phi) is 5.47. The second-order valence-corrected chi connectivity index (χ2v) is 7.80. The molecule has 0 bridgehead atoms. The quantitative estimate of drug-likeness (QED) is 0.364. The van der Waals surface area contributed by atoms with Crippen molar-refractivity contribution in [3.8, 4) is 11.1 Å². The van der Waals surface area contributed by atoms with Crippen LogP contribution in [0.5, 0.6) is 0 Å². The van der Waals surface area contributed by atoms with Gasteiger partial charge in [-0.1, -0.05) is 44.2 Å². The van der Waals surface area contributed by atoms with Crippen molar-refractivity contribution in [3.63, 3.8) is 0 Å². The van der Waals surface area contributed by atoms with E-state index < -0.39 is 11.8 Å². The van der Waals surface area contributed by atoms with Crippen LogP contribution in [0.25, 0.3) is 17.2 Å². The van der Waals surface area contributed by atoms with Crippen molar-refractivity contribution < 1.29 is 9.59 Å². The van der Waals surface area contributed by atoms with Crippen molar-refractivity contribution in [2.24, 2.45) is 0 Å². The third-order valence-electron chi connectivity index (χ3n) is 5.05. The fourth-order valence-electron chi connectivity index (χ4n) is 3.50. The topological polar surface area (TPSA) is 49.4 Å². The van der Waals surface area contributed by atoms with E-state index >= 15 is 0 Å². The largest absolute Gasteiger partial charge is 0.298 e. The fourth-order valence-corrected chi connectivity index (χ4v) is 3.75. The summed E-state index contributed by atoms with van der Waals surface area (Å²) < 4.78 is 0. The van der Waals surface area contributed by atoms with Gasteiger partial charge in [0.15, 0.2) is 5.11 Å². The van der Waals surface area contributed by atoms with E-state index in [0.717, 1.165) is 27.8 Å². The number of aryl methyl sites for hydroxylation is 2. The van der Waals surface area contributed by atoms with Gasteiger partial charge < -0.3 is 0 Å². The Hall–Kier alpha value is -2.79. The molecule has 144 valence electrons. The summed E-state index contributed by atoms with van der Waals surface area (Å²) in [5, 5.41) is 2.71. The molecule has 5 heteroatoms. The van der Waals surface area contributed by atoms with E-state index in [1.807, 2.05) is 6.07 Å². The van der Waals surface area contributed by atoms with Gasteiger partial charge in [-0.2, -0.15) is 0 Å². The van der Waals surface area contributed by atoms with Crippen molar-refractivity contribution >= 4 is 35.2 Å². The van der Waals surface area contributed by atoms with Crippen molar-refractivity contribution in [1.82, 2.24) is 10.2 Å². The van der Waals surface area contributed by atoms with Gasteiger partial charge in [-0.05, 0) is 71.4 Å². The van der Waals surface area contributed by atoms with Gasteiger partial charge in [-0.3, -0.25) is 19.8 Å². The van der Waals surface area contributed by atoms with Gasteiger partial charge in [0, 0.05) is 6.54 Å². The molecule has 1 aliphatic heterocycles. The summed E-state index contributed by atoms with van der Waals surface area (Å²) in [4.78, 5) is 26.6. The van der Waals surface area contributed by atoms with Gasteiger partial charge in [0.05, 0.1) is 0 Å². The number of amides is 2. The van der Waals surface area contributed by atoms with E-state index in [1.165, 1.54) is 10.5 Å². The zero-order chi connectivity index (χ0) is 20.6. The average molecular weight is 393 g/mol. The molecular weight excluding hydrogens is 368 g/mol. The molecule has 2 amide bonds. The van der Waals surface area contributed by atoms with Crippen LogP contribution in [-0.2, 0) is 9.59 Å². The minimum absolute atomic E-state index is 0.0809. The number of carbonyl (C=O) groups excluding carboxylic acids is 2. The van der Waals surface area contributed by atoms with Crippen LogP contribution in [0.3, 0.4) is 0 Å². The smallest absolute Gasteiger partial charge is 0.265 e. The molecule has 1 N–H and O–H groups in total. The molecule has 2 aliphatic carbocycles. The number of rotatable bonds is 4. The van der Waals surface area contributed by atoms with Crippen molar-refractivity contribution in [2.75, 3.05) is 6.54 Å². The minimum Gasteiger partial charge on any atom is -0.298 e. The van der Waals surface area contributed by atoms with Crippen molar-refractivity contribution in [3.05, 3.63) is 64.7 Å². The highest BCUT2D eigenvalue weighted by atomic mass is 32.1. The van der Waals surface area contributed by atoms with E-state index in [2.05, 4.69) is 57.8 Å². The Balaban J connectivity index is 2.15. The Labute approximate surface area is 171 Å². The molecule has 0 spiro atoms. The average Bonchev–Trinajstić information content (AvgIpc) is 2.81. The molecule has 3 rings (SSSR count). The molecular formula is C23H24N2O2S. The van der Waals surface area contributed by atoms with Crippen LogP contribution in [0.4, 0.5) is 0 Å². The highest BCUT2D eigenvalue weighted by molar-refractivity contribution is 7.80.